The van der Waals surface area contributed by atoms with Gasteiger partial charge in [0.25, 0.3) is 0 Å². The highest BCUT2D eigenvalue weighted by molar-refractivity contribution is 5.91. The molecule has 2 heterocycles. The number of furan rings is 1. The van der Waals surface area contributed by atoms with Crippen molar-refractivity contribution in [2.75, 3.05) is 5.32 Å². The van der Waals surface area contributed by atoms with Crippen LogP contribution >= 0.6 is 0 Å². The summed E-state index contributed by atoms with van der Waals surface area (Å²) >= 11 is 0. The Morgan fingerprint density at radius 1 is 1.26 bits per heavy atom. The van der Waals surface area contributed by atoms with E-state index in [4.69, 9.17) is 4.42 Å². The van der Waals surface area contributed by atoms with Crippen LogP contribution in [0, 0.1) is 12.7 Å². The highest BCUT2D eigenvalue weighted by Gasteiger charge is 2.20. The van der Waals surface area contributed by atoms with Crippen molar-refractivity contribution in [1.29, 1.82) is 0 Å². The third-order valence-corrected chi connectivity index (χ3v) is 3.70. The number of nitrogens with one attached hydrogen (secondary N) is 1. The minimum absolute atomic E-state index is 0.158. The van der Waals surface area contributed by atoms with Crippen LogP contribution in [0.15, 0.2) is 65.5 Å². The SMILES string of the molecule is Cc1cc(F)ccc1NC(=O)C[C@@H](c1ccco1)n1cccc1. The number of rotatable bonds is 5. The first-order chi connectivity index (χ1) is 11.1. The summed E-state index contributed by atoms with van der Waals surface area (Å²) in [6, 6.07) is 11.5. The van der Waals surface area contributed by atoms with E-state index in [1.165, 1.54) is 12.1 Å². The van der Waals surface area contributed by atoms with Crippen LogP contribution in [-0.4, -0.2) is 10.5 Å². The van der Waals surface area contributed by atoms with Crippen molar-refractivity contribution in [3.63, 3.8) is 0 Å². The fourth-order valence-electron chi connectivity index (χ4n) is 2.53. The minimum atomic E-state index is -0.318. The van der Waals surface area contributed by atoms with Gasteiger partial charge in [-0.1, -0.05) is 0 Å². The fraction of sp³-hybridized carbons (Fsp3) is 0.167. The van der Waals surface area contributed by atoms with Crippen LogP contribution in [0.2, 0.25) is 0 Å². The van der Waals surface area contributed by atoms with Crippen LogP contribution in [0.3, 0.4) is 0 Å². The second kappa shape index (κ2) is 6.52. The maximum absolute atomic E-state index is 13.1. The van der Waals surface area contributed by atoms with Gasteiger partial charge in [-0.05, 0) is 55.0 Å². The molecular weight excluding hydrogens is 295 g/mol. The van der Waals surface area contributed by atoms with Gasteiger partial charge in [-0.15, -0.1) is 0 Å². The molecule has 23 heavy (non-hydrogen) atoms. The maximum Gasteiger partial charge on any atom is 0.226 e. The molecule has 0 aliphatic carbocycles. The summed E-state index contributed by atoms with van der Waals surface area (Å²) in [5.41, 5.74) is 1.30. The van der Waals surface area contributed by atoms with E-state index in [-0.39, 0.29) is 24.2 Å². The summed E-state index contributed by atoms with van der Waals surface area (Å²) in [6.45, 7) is 1.76. The Bertz CT molecular complexity index is 745. The van der Waals surface area contributed by atoms with Crippen molar-refractivity contribution in [1.82, 2.24) is 4.57 Å². The van der Waals surface area contributed by atoms with Gasteiger partial charge < -0.3 is 14.3 Å². The molecule has 0 spiro atoms. The van der Waals surface area contributed by atoms with Crippen LogP contribution < -0.4 is 5.32 Å². The van der Waals surface area contributed by atoms with E-state index in [1.807, 2.05) is 35.2 Å². The van der Waals surface area contributed by atoms with E-state index in [0.29, 0.717) is 17.0 Å². The number of carbonyl (C=O) groups excluding carboxylic acids is 1. The van der Waals surface area contributed by atoms with Gasteiger partial charge in [-0.25, -0.2) is 4.39 Å². The second-order valence-corrected chi connectivity index (χ2v) is 5.37. The Hall–Kier alpha value is -2.82. The molecule has 4 nitrogen and oxygen atoms in total. The molecule has 0 saturated heterocycles. The monoisotopic (exact) mass is 312 g/mol. The van der Waals surface area contributed by atoms with Crippen molar-refractivity contribution in [2.45, 2.75) is 19.4 Å². The van der Waals surface area contributed by atoms with Crippen molar-refractivity contribution < 1.29 is 13.6 Å². The number of anilines is 1. The average molecular weight is 312 g/mol. The summed E-state index contributed by atoms with van der Waals surface area (Å²) in [5.74, 6) is 0.239. The number of amides is 1. The average Bonchev–Trinajstić information content (AvgIpc) is 3.21. The van der Waals surface area contributed by atoms with Gasteiger partial charge in [0.1, 0.15) is 11.6 Å². The highest BCUT2D eigenvalue weighted by atomic mass is 19.1. The summed E-state index contributed by atoms with van der Waals surface area (Å²) in [5, 5.41) is 2.83. The van der Waals surface area contributed by atoms with E-state index < -0.39 is 0 Å². The van der Waals surface area contributed by atoms with E-state index in [0.717, 1.165) is 0 Å². The Morgan fingerprint density at radius 2 is 2.04 bits per heavy atom. The van der Waals surface area contributed by atoms with Crippen LogP contribution in [0.25, 0.3) is 0 Å². The molecular formula is C18H17FN2O2. The normalized spacial score (nSPS) is 12.1. The zero-order valence-electron chi connectivity index (χ0n) is 12.7. The molecule has 5 heteroatoms. The largest absolute Gasteiger partial charge is 0.467 e. The molecule has 1 aromatic carbocycles. The lowest BCUT2D eigenvalue weighted by Crippen LogP contribution is -2.19. The first-order valence-electron chi connectivity index (χ1n) is 7.35. The fourth-order valence-corrected chi connectivity index (χ4v) is 2.53. The lowest BCUT2D eigenvalue weighted by molar-refractivity contribution is -0.116. The number of carbonyl (C=O) groups is 1. The molecule has 0 bridgehead atoms. The lowest BCUT2D eigenvalue weighted by atomic mass is 10.1. The summed E-state index contributed by atoms with van der Waals surface area (Å²) in [6.07, 6.45) is 5.60. The summed E-state index contributed by atoms with van der Waals surface area (Å²) in [4.78, 5) is 12.4. The van der Waals surface area contributed by atoms with Gasteiger partial charge >= 0.3 is 0 Å². The molecule has 1 N–H and O–H groups in total. The van der Waals surface area contributed by atoms with Crippen molar-refractivity contribution in [2.24, 2.45) is 0 Å². The lowest BCUT2D eigenvalue weighted by Gasteiger charge is -2.17. The number of aryl methyl sites for hydroxylation is 1. The molecule has 2 aromatic heterocycles. The smallest absolute Gasteiger partial charge is 0.226 e. The third kappa shape index (κ3) is 3.51. The molecule has 3 aromatic rings. The van der Waals surface area contributed by atoms with E-state index in [1.54, 1.807) is 25.3 Å². The molecule has 118 valence electrons. The van der Waals surface area contributed by atoms with Gasteiger partial charge in [0.15, 0.2) is 0 Å². The Morgan fingerprint density at radius 3 is 2.70 bits per heavy atom. The highest BCUT2D eigenvalue weighted by Crippen LogP contribution is 2.24. The predicted molar refractivity (Wildman–Crippen MR) is 85.7 cm³/mol. The second-order valence-electron chi connectivity index (χ2n) is 5.37. The quantitative estimate of drug-likeness (QED) is 0.769. The van der Waals surface area contributed by atoms with Crippen LogP contribution in [0.4, 0.5) is 10.1 Å². The first kappa shape index (κ1) is 15.1. The van der Waals surface area contributed by atoms with E-state index in [2.05, 4.69) is 5.32 Å². The molecule has 0 radical (unpaired) electrons. The van der Waals surface area contributed by atoms with Crippen LogP contribution in [0.1, 0.15) is 23.8 Å². The van der Waals surface area contributed by atoms with Crippen LogP contribution in [0.5, 0.6) is 0 Å². The van der Waals surface area contributed by atoms with Gasteiger partial charge in [0.2, 0.25) is 5.91 Å². The van der Waals surface area contributed by atoms with Gasteiger partial charge in [0, 0.05) is 18.1 Å². The molecule has 0 unspecified atom stereocenters. The van der Waals surface area contributed by atoms with Gasteiger partial charge in [0.05, 0.1) is 18.7 Å². The molecule has 0 aliphatic rings. The number of nitrogens with zero attached hydrogens (tertiary/aromatic N) is 1. The standard InChI is InChI=1S/C18H17FN2O2/c1-13-11-14(19)6-7-15(13)20-18(22)12-16(17-5-4-10-23-17)21-8-2-3-9-21/h2-11,16H,12H2,1H3,(H,20,22)/t16-/m0/s1. The third-order valence-electron chi connectivity index (χ3n) is 3.70. The summed E-state index contributed by atoms with van der Waals surface area (Å²) in [7, 11) is 0. The van der Waals surface area contributed by atoms with Gasteiger partial charge in [-0.2, -0.15) is 0 Å². The zero-order chi connectivity index (χ0) is 16.2. The molecule has 0 fully saturated rings. The molecule has 3 rings (SSSR count). The molecule has 1 atom stereocenters. The Balaban J connectivity index is 1.76. The molecule has 1 amide bonds. The summed E-state index contributed by atoms with van der Waals surface area (Å²) < 4.78 is 20.5. The number of hydrogen-bond acceptors (Lipinski definition) is 2. The minimum Gasteiger partial charge on any atom is -0.467 e. The maximum atomic E-state index is 13.1. The van der Waals surface area contributed by atoms with E-state index >= 15 is 0 Å². The van der Waals surface area contributed by atoms with E-state index in [9.17, 15) is 9.18 Å². The van der Waals surface area contributed by atoms with Crippen molar-refractivity contribution in [3.8, 4) is 0 Å². The molecule has 0 saturated carbocycles. The zero-order valence-corrected chi connectivity index (χ0v) is 12.7. The number of benzene rings is 1. The van der Waals surface area contributed by atoms with Crippen molar-refractivity contribution in [3.05, 3.63) is 78.3 Å². The number of aromatic nitrogens is 1. The first-order valence-corrected chi connectivity index (χ1v) is 7.35. The van der Waals surface area contributed by atoms with Crippen molar-refractivity contribution >= 4 is 11.6 Å². The Labute approximate surface area is 133 Å². The topological polar surface area (TPSA) is 47.2 Å². The van der Waals surface area contributed by atoms with Gasteiger partial charge in [-0.3, -0.25) is 4.79 Å². The molecule has 0 aliphatic heterocycles. The predicted octanol–water partition coefficient (Wildman–Crippen LogP) is 4.15. The van der Waals surface area contributed by atoms with Crippen LogP contribution in [-0.2, 0) is 4.79 Å². The number of hydrogen-bond donors (Lipinski definition) is 1. The number of halogens is 1. The Kier molecular flexibility index (Phi) is 4.28.